The summed E-state index contributed by atoms with van der Waals surface area (Å²) in [5, 5.41) is 10.7. The zero-order chi connectivity index (χ0) is 15.2. The molecule has 0 radical (unpaired) electrons. The Balaban J connectivity index is 1.81. The number of aromatic amines is 1. The van der Waals surface area contributed by atoms with E-state index in [0.717, 1.165) is 16.2 Å². The summed E-state index contributed by atoms with van der Waals surface area (Å²) in [6, 6.07) is 5.53. The molecule has 1 aromatic heterocycles. The van der Waals surface area contributed by atoms with Gasteiger partial charge in [-0.15, -0.1) is 0 Å². The highest BCUT2D eigenvalue weighted by molar-refractivity contribution is 7.99. The lowest BCUT2D eigenvalue weighted by atomic mass is 10.3. The zero-order valence-electron chi connectivity index (χ0n) is 12.2. The zero-order valence-corrected chi connectivity index (χ0v) is 13.0. The summed E-state index contributed by atoms with van der Waals surface area (Å²) in [6.45, 7) is 2.71. The Morgan fingerprint density at radius 1 is 1.43 bits per heavy atom. The van der Waals surface area contributed by atoms with Gasteiger partial charge in [0.2, 0.25) is 0 Å². The largest absolute Gasteiger partial charge is 0.399 e. The highest BCUT2D eigenvalue weighted by Gasteiger charge is 2.10. The number of fused-ring (bicyclic) bond motifs is 1. The third-order valence-corrected chi connectivity index (χ3v) is 3.89. The van der Waals surface area contributed by atoms with E-state index in [1.807, 2.05) is 25.1 Å². The van der Waals surface area contributed by atoms with Crippen molar-refractivity contribution in [2.24, 2.45) is 0 Å². The van der Waals surface area contributed by atoms with Crippen molar-refractivity contribution in [2.45, 2.75) is 24.3 Å². The average Bonchev–Trinajstić information content (AvgIpc) is 2.85. The van der Waals surface area contributed by atoms with Crippen LogP contribution in [0.4, 0.5) is 5.69 Å². The first-order valence-electron chi connectivity index (χ1n) is 6.75. The van der Waals surface area contributed by atoms with E-state index in [1.54, 1.807) is 7.11 Å². The van der Waals surface area contributed by atoms with E-state index in [2.05, 4.69) is 9.97 Å². The lowest BCUT2D eigenvalue weighted by molar-refractivity contribution is -0.0257. The van der Waals surface area contributed by atoms with Crippen LogP contribution in [0, 0.1) is 0 Å². The molecule has 2 aromatic rings. The molecule has 0 amide bonds. The number of thioether (sulfide) groups is 1. The van der Waals surface area contributed by atoms with E-state index in [-0.39, 0.29) is 12.7 Å². The average molecular weight is 311 g/mol. The third-order valence-electron chi connectivity index (χ3n) is 2.87. The minimum Gasteiger partial charge on any atom is -0.399 e. The molecule has 2 unspecified atom stereocenters. The molecule has 0 saturated carbocycles. The van der Waals surface area contributed by atoms with Crippen LogP contribution in [0.2, 0.25) is 0 Å². The molecule has 1 aromatic carbocycles. The smallest absolute Gasteiger partial charge is 0.166 e. The molecule has 0 spiro atoms. The third kappa shape index (κ3) is 4.89. The summed E-state index contributed by atoms with van der Waals surface area (Å²) in [5.74, 6) is 0.509. The number of H-pyrrole nitrogens is 1. The first kappa shape index (κ1) is 16.1. The molecule has 0 bridgehead atoms. The van der Waals surface area contributed by atoms with Gasteiger partial charge in [-0.05, 0) is 25.1 Å². The maximum atomic E-state index is 9.90. The molecule has 6 nitrogen and oxygen atoms in total. The van der Waals surface area contributed by atoms with Crippen LogP contribution in [0.3, 0.4) is 0 Å². The quantitative estimate of drug-likeness (QED) is 0.507. The molecule has 116 valence electrons. The van der Waals surface area contributed by atoms with Crippen molar-refractivity contribution in [3.05, 3.63) is 18.2 Å². The molecular weight excluding hydrogens is 290 g/mol. The van der Waals surface area contributed by atoms with E-state index in [4.69, 9.17) is 15.2 Å². The number of ether oxygens (including phenoxy) is 2. The number of nitrogens with one attached hydrogen (secondary N) is 1. The molecule has 2 rings (SSSR count). The van der Waals surface area contributed by atoms with Crippen molar-refractivity contribution in [3.63, 3.8) is 0 Å². The molecule has 2 atom stereocenters. The standard InChI is InChI=1S/C14H21N3O3S/c1-9(6-19-2)20-7-11(18)8-21-14-16-12-4-3-10(15)5-13(12)17-14/h3-5,9,11,18H,6-8,15H2,1-2H3,(H,16,17). The van der Waals surface area contributed by atoms with Crippen LogP contribution in [0.1, 0.15) is 6.92 Å². The number of rotatable bonds is 8. The monoisotopic (exact) mass is 311 g/mol. The lowest BCUT2D eigenvalue weighted by Gasteiger charge is -2.15. The highest BCUT2D eigenvalue weighted by atomic mass is 32.2. The maximum Gasteiger partial charge on any atom is 0.166 e. The predicted molar refractivity (Wildman–Crippen MR) is 84.5 cm³/mol. The summed E-state index contributed by atoms with van der Waals surface area (Å²) in [6.07, 6.45) is -0.573. The molecule has 0 aliphatic carbocycles. The Morgan fingerprint density at radius 2 is 2.24 bits per heavy atom. The van der Waals surface area contributed by atoms with E-state index in [9.17, 15) is 5.11 Å². The highest BCUT2D eigenvalue weighted by Crippen LogP contribution is 2.21. The summed E-state index contributed by atoms with van der Waals surface area (Å²) in [7, 11) is 1.63. The van der Waals surface area contributed by atoms with Gasteiger partial charge in [-0.25, -0.2) is 4.98 Å². The summed E-state index contributed by atoms with van der Waals surface area (Å²) < 4.78 is 10.4. The Bertz CT molecular complexity index is 576. The minimum absolute atomic E-state index is 0.0242. The van der Waals surface area contributed by atoms with Crippen LogP contribution in [0.15, 0.2) is 23.4 Å². The number of hydrogen-bond acceptors (Lipinski definition) is 6. The van der Waals surface area contributed by atoms with Gasteiger partial charge in [-0.3, -0.25) is 0 Å². The Labute approximate surface area is 128 Å². The molecule has 7 heteroatoms. The normalized spacial score (nSPS) is 14.4. The van der Waals surface area contributed by atoms with Gasteiger partial charge < -0.3 is 25.3 Å². The number of benzene rings is 1. The van der Waals surface area contributed by atoms with Crippen LogP contribution in [0.5, 0.6) is 0 Å². The van der Waals surface area contributed by atoms with Gasteiger partial charge in [-0.1, -0.05) is 11.8 Å². The van der Waals surface area contributed by atoms with Gasteiger partial charge in [-0.2, -0.15) is 0 Å². The van der Waals surface area contributed by atoms with E-state index < -0.39 is 6.10 Å². The number of aromatic nitrogens is 2. The molecular formula is C14H21N3O3S. The maximum absolute atomic E-state index is 9.90. The van der Waals surface area contributed by atoms with Crippen molar-refractivity contribution in [2.75, 3.05) is 31.8 Å². The number of anilines is 1. The van der Waals surface area contributed by atoms with Gasteiger partial charge in [0.15, 0.2) is 5.16 Å². The van der Waals surface area contributed by atoms with Crippen LogP contribution < -0.4 is 5.73 Å². The fourth-order valence-electron chi connectivity index (χ4n) is 1.85. The predicted octanol–water partition coefficient (Wildman–Crippen LogP) is 1.65. The van der Waals surface area contributed by atoms with Gasteiger partial charge in [0.25, 0.3) is 0 Å². The van der Waals surface area contributed by atoms with Crippen molar-refractivity contribution in [1.82, 2.24) is 9.97 Å². The summed E-state index contributed by atoms with van der Waals surface area (Å²) in [5.41, 5.74) is 8.19. The number of imidazole rings is 1. The first-order valence-corrected chi connectivity index (χ1v) is 7.73. The van der Waals surface area contributed by atoms with Crippen molar-refractivity contribution in [1.29, 1.82) is 0 Å². The molecule has 0 aliphatic rings. The molecule has 21 heavy (non-hydrogen) atoms. The van der Waals surface area contributed by atoms with Crippen LogP contribution in [-0.4, -0.2) is 53.4 Å². The van der Waals surface area contributed by atoms with Crippen molar-refractivity contribution >= 4 is 28.5 Å². The van der Waals surface area contributed by atoms with Gasteiger partial charge in [0.1, 0.15) is 0 Å². The summed E-state index contributed by atoms with van der Waals surface area (Å²) in [4.78, 5) is 7.61. The second kappa shape index (κ2) is 7.65. The second-order valence-corrected chi connectivity index (χ2v) is 5.89. The fourth-order valence-corrected chi connectivity index (χ4v) is 2.65. The molecule has 0 fully saturated rings. The fraction of sp³-hybridized carbons (Fsp3) is 0.500. The molecule has 0 saturated heterocycles. The van der Waals surface area contributed by atoms with E-state index in [1.165, 1.54) is 11.8 Å². The number of aliphatic hydroxyl groups is 1. The van der Waals surface area contributed by atoms with Crippen LogP contribution >= 0.6 is 11.8 Å². The number of aliphatic hydroxyl groups excluding tert-OH is 1. The van der Waals surface area contributed by atoms with Crippen molar-refractivity contribution < 1.29 is 14.6 Å². The number of nitrogens with zero attached hydrogens (tertiary/aromatic N) is 1. The minimum atomic E-state index is -0.549. The molecule has 1 heterocycles. The van der Waals surface area contributed by atoms with Crippen molar-refractivity contribution in [3.8, 4) is 0 Å². The van der Waals surface area contributed by atoms with Gasteiger partial charge >= 0.3 is 0 Å². The SMILES string of the molecule is COCC(C)OCC(O)CSc1nc2ccc(N)cc2[nH]1. The Kier molecular flexibility index (Phi) is 5.86. The van der Waals surface area contributed by atoms with E-state index in [0.29, 0.717) is 18.0 Å². The number of hydrogen-bond donors (Lipinski definition) is 3. The second-order valence-electron chi connectivity index (χ2n) is 4.88. The van der Waals surface area contributed by atoms with E-state index >= 15 is 0 Å². The molecule has 4 N–H and O–H groups in total. The Hall–Kier alpha value is -1.28. The summed E-state index contributed by atoms with van der Waals surface area (Å²) >= 11 is 1.46. The molecule has 0 aliphatic heterocycles. The number of nitrogen functional groups attached to an aromatic ring is 1. The number of nitrogens with two attached hydrogens (primary N) is 1. The number of methoxy groups -OCH3 is 1. The van der Waals surface area contributed by atoms with Crippen LogP contribution in [0.25, 0.3) is 11.0 Å². The topological polar surface area (TPSA) is 93.4 Å². The van der Waals surface area contributed by atoms with Gasteiger partial charge in [0, 0.05) is 18.6 Å². The Morgan fingerprint density at radius 3 is 3.00 bits per heavy atom. The van der Waals surface area contributed by atoms with Gasteiger partial charge in [0.05, 0.1) is 36.5 Å². The first-order chi connectivity index (χ1) is 10.1. The van der Waals surface area contributed by atoms with Crippen LogP contribution in [-0.2, 0) is 9.47 Å². The lowest BCUT2D eigenvalue weighted by Crippen LogP contribution is -2.24.